The lowest BCUT2D eigenvalue weighted by Gasteiger charge is -2.08. The summed E-state index contributed by atoms with van der Waals surface area (Å²) in [6, 6.07) is 0. The number of halogens is 3. The van der Waals surface area contributed by atoms with Crippen LogP contribution in [-0.4, -0.2) is 21.3 Å². The van der Waals surface area contributed by atoms with Crippen LogP contribution in [0, 0.1) is 0 Å². The van der Waals surface area contributed by atoms with Gasteiger partial charge in [0, 0.05) is 6.42 Å². The Bertz CT molecular complexity index is 253. The molecule has 0 amide bonds. The maximum absolute atomic E-state index is 12.0. The lowest BCUT2D eigenvalue weighted by molar-refractivity contribution is -0.205. The number of hydrogen-bond donors (Lipinski definition) is 1. The van der Waals surface area contributed by atoms with E-state index in [2.05, 4.69) is 10.2 Å². The third-order valence-corrected chi connectivity index (χ3v) is 1.26. The molecule has 0 aliphatic rings. The molecule has 1 heterocycles. The summed E-state index contributed by atoms with van der Waals surface area (Å²) < 4.78 is 36.2. The summed E-state index contributed by atoms with van der Waals surface area (Å²) in [5.41, 5.74) is 5.08. The predicted octanol–water partition coefficient (Wildman–Crippen LogP) is 0.256. The molecule has 68 valence electrons. The second-order valence-corrected chi connectivity index (χ2v) is 2.12. The summed E-state index contributed by atoms with van der Waals surface area (Å²) in [6.07, 6.45) is -3.75. The highest BCUT2D eigenvalue weighted by atomic mass is 19.4. The number of nitrogens with two attached hydrogens (primary N) is 1. The van der Waals surface area contributed by atoms with Crippen LogP contribution >= 0.6 is 0 Å². The molecule has 0 bridgehead atoms. The van der Waals surface area contributed by atoms with Crippen molar-refractivity contribution in [2.24, 2.45) is 5.73 Å². The number of aromatic nitrogens is 3. The van der Waals surface area contributed by atoms with E-state index in [-0.39, 0.29) is 23.4 Å². The summed E-state index contributed by atoms with van der Waals surface area (Å²) in [4.78, 5) is 0. The van der Waals surface area contributed by atoms with Crippen LogP contribution in [0.5, 0.6) is 0 Å². The van der Waals surface area contributed by atoms with Gasteiger partial charge in [-0.2, -0.15) is 0 Å². The maximum Gasteiger partial charge on any atom is 0.491 e. The highest BCUT2D eigenvalue weighted by molar-refractivity contribution is 4.87. The Hall–Kier alpha value is -1.11. The van der Waals surface area contributed by atoms with E-state index in [1.54, 1.807) is 0 Å². The molecule has 1 rings (SSSR count). The maximum atomic E-state index is 12.0. The Kier molecular flexibility index (Phi) is 2.32. The molecule has 2 N–H and O–H groups in total. The van der Waals surface area contributed by atoms with Crippen LogP contribution in [0.1, 0.15) is 5.82 Å². The number of rotatable bonds is 2. The van der Waals surface area contributed by atoms with Crippen molar-refractivity contribution in [2.45, 2.75) is 12.7 Å². The van der Waals surface area contributed by atoms with Gasteiger partial charge in [-0.05, 0) is 6.54 Å². The highest BCUT2D eigenvalue weighted by Gasteiger charge is 2.32. The topological polar surface area (TPSA) is 56.7 Å². The van der Waals surface area contributed by atoms with Crippen molar-refractivity contribution >= 4 is 0 Å². The van der Waals surface area contributed by atoms with E-state index in [1.807, 2.05) is 0 Å². The zero-order valence-electron chi connectivity index (χ0n) is 6.04. The van der Waals surface area contributed by atoms with E-state index >= 15 is 0 Å². The van der Waals surface area contributed by atoms with Gasteiger partial charge in [0.15, 0.2) is 0 Å². The monoisotopic (exact) mass is 180 g/mol. The Morgan fingerprint density at radius 3 is 2.67 bits per heavy atom. The normalized spacial score (nSPS) is 12.0. The molecule has 0 saturated heterocycles. The molecule has 1 aromatic heterocycles. The van der Waals surface area contributed by atoms with Crippen LogP contribution in [0.15, 0.2) is 6.33 Å². The van der Waals surface area contributed by atoms with Crippen molar-refractivity contribution in [1.82, 2.24) is 14.8 Å². The fraction of sp³-hybridized carbons (Fsp3) is 0.600. The molecule has 0 aromatic carbocycles. The quantitative estimate of drug-likeness (QED) is 0.710. The second kappa shape index (κ2) is 3.10. The fourth-order valence-electron chi connectivity index (χ4n) is 0.770. The number of alkyl halides is 3. The van der Waals surface area contributed by atoms with Crippen LogP contribution in [0.4, 0.5) is 13.2 Å². The molecule has 0 saturated carbocycles. The van der Waals surface area contributed by atoms with E-state index in [9.17, 15) is 13.2 Å². The Balaban J connectivity index is 2.91. The van der Waals surface area contributed by atoms with Crippen LogP contribution < -0.4 is 5.73 Å². The zero-order valence-corrected chi connectivity index (χ0v) is 6.04. The van der Waals surface area contributed by atoms with Gasteiger partial charge in [-0.25, -0.2) is 4.57 Å². The van der Waals surface area contributed by atoms with Gasteiger partial charge >= 0.3 is 6.30 Å². The largest absolute Gasteiger partial charge is 0.491 e. The minimum absolute atomic E-state index is 0.0554. The average molecular weight is 180 g/mol. The Morgan fingerprint density at radius 2 is 2.17 bits per heavy atom. The van der Waals surface area contributed by atoms with Gasteiger partial charge in [0.25, 0.3) is 0 Å². The Morgan fingerprint density at radius 1 is 1.50 bits per heavy atom. The first-order valence-corrected chi connectivity index (χ1v) is 3.22. The number of nitrogens with zero attached hydrogens (tertiary/aromatic N) is 3. The van der Waals surface area contributed by atoms with Gasteiger partial charge in [-0.1, -0.05) is 0 Å². The van der Waals surface area contributed by atoms with Gasteiger partial charge in [0.2, 0.25) is 0 Å². The molecule has 0 aliphatic heterocycles. The van der Waals surface area contributed by atoms with Crippen LogP contribution in [-0.2, 0) is 12.7 Å². The summed E-state index contributed by atoms with van der Waals surface area (Å²) in [7, 11) is 0. The molecule has 0 aliphatic carbocycles. The fourth-order valence-corrected chi connectivity index (χ4v) is 0.770. The minimum Gasteiger partial charge on any atom is -0.330 e. The van der Waals surface area contributed by atoms with Gasteiger partial charge in [-0.3, -0.25) is 0 Å². The first-order chi connectivity index (χ1) is 5.55. The summed E-state index contributed by atoms with van der Waals surface area (Å²) in [6.45, 7) is 0.120. The number of hydrogen-bond acceptors (Lipinski definition) is 3. The van der Waals surface area contributed by atoms with Crippen molar-refractivity contribution in [3.05, 3.63) is 12.2 Å². The first-order valence-electron chi connectivity index (χ1n) is 3.22. The van der Waals surface area contributed by atoms with E-state index < -0.39 is 6.30 Å². The van der Waals surface area contributed by atoms with Gasteiger partial charge < -0.3 is 5.73 Å². The summed E-state index contributed by atoms with van der Waals surface area (Å²) >= 11 is 0. The molecule has 0 fully saturated rings. The minimum atomic E-state index is -4.45. The van der Waals surface area contributed by atoms with E-state index in [0.29, 0.717) is 6.33 Å². The van der Waals surface area contributed by atoms with Gasteiger partial charge in [-0.15, -0.1) is 23.4 Å². The Labute approximate surface area is 66.2 Å². The highest BCUT2D eigenvalue weighted by Crippen LogP contribution is 2.22. The van der Waals surface area contributed by atoms with Crippen LogP contribution in [0.3, 0.4) is 0 Å². The molecule has 12 heavy (non-hydrogen) atoms. The molecule has 0 unspecified atom stereocenters. The molecule has 1 aromatic rings. The van der Waals surface area contributed by atoms with Crippen molar-refractivity contribution in [3.8, 4) is 0 Å². The standard InChI is InChI=1S/C5H7F3N4/c6-5(7,8)12-3-10-11-4(12)1-2-9/h3H,1-2,9H2. The molecule has 0 spiro atoms. The average Bonchev–Trinajstić information content (AvgIpc) is 2.34. The van der Waals surface area contributed by atoms with Crippen molar-refractivity contribution in [3.63, 3.8) is 0 Å². The third kappa shape index (κ3) is 1.73. The molecule has 0 radical (unpaired) electrons. The van der Waals surface area contributed by atoms with E-state index in [0.717, 1.165) is 0 Å². The van der Waals surface area contributed by atoms with Crippen molar-refractivity contribution in [2.75, 3.05) is 6.54 Å². The van der Waals surface area contributed by atoms with Crippen LogP contribution in [0.2, 0.25) is 0 Å². The summed E-state index contributed by atoms with van der Waals surface area (Å²) in [5.74, 6) is -0.162. The molecular formula is C5H7F3N4. The second-order valence-electron chi connectivity index (χ2n) is 2.12. The molecular weight excluding hydrogens is 173 g/mol. The van der Waals surface area contributed by atoms with Gasteiger partial charge in [0.1, 0.15) is 12.2 Å². The zero-order chi connectivity index (χ0) is 9.19. The van der Waals surface area contributed by atoms with Crippen molar-refractivity contribution < 1.29 is 13.2 Å². The smallest absolute Gasteiger partial charge is 0.330 e. The predicted molar refractivity (Wildman–Crippen MR) is 34.1 cm³/mol. The lowest BCUT2D eigenvalue weighted by Crippen LogP contribution is -2.20. The van der Waals surface area contributed by atoms with E-state index in [1.165, 1.54) is 0 Å². The van der Waals surface area contributed by atoms with E-state index in [4.69, 9.17) is 5.73 Å². The van der Waals surface area contributed by atoms with Crippen molar-refractivity contribution in [1.29, 1.82) is 0 Å². The lowest BCUT2D eigenvalue weighted by atomic mass is 10.4. The summed E-state index contributed by atoms with van der Waals surface area (Å²) in [5, 5.41) is 6.43. The molecule has 4 nitrogen and oxygen atoms in total. The first kappa shape index (κ1) is 8.98. The van der Waals surface area contributed by atoms with Crippen LogP contribution in [0.25, 0.3) is 0 Å². The SMILES string of the molecule is NCCc1nncn1C(F)(F)F. The molecule has 7 heteroatoms. The molecule has 0 atom stereocenters. The van der Waals surface area contributed by atoms with Gasteiger partial charge in [0.05, 0.1) is 0 Å². The third-order valence-electron chi connectivity index (χ3n) is 1.26.